The van der Waals surface area contributed by atoms with E-state index in [0.29, 0.717) is 18.2 Å². The van der Waals surface area contributed by atoms with E-state index in [2.05, 4.69) is 9.97 Å². The molecule has 1 aliphatic rings. The van der Waals surface area contributed by atoms with Gasteiger partial charge in [0.1, 0.15) is 0 Å². The third-order valence-electron chi connectivity index (χ3n) is 3.13. The van der Waals surface area contributed by atoms with Crippen molar-refractivity contribution in [1.29, 1.82) is 0 Å². The summed E-state index contributed by atoms with van der Waals surface area (Å²) in [5, 5.41) is 10.3. The number of rotatable bonds is 3. The molecule has 3 N–H and O–H groups in total. The Labute approximate surface area is 95.3 Å². The first-order chi connectivity index (χ1) is 7.61. The molecule has 5 nitrogen and oxygen atoms in total. The Morgan fingerprint density at radius 2 is 2.00 bits per heavy atom. The van der Waals surface area contributed by atoms with E-state index in [1.165, 1.54) is 0 Å². The minimum absolute atomic E-state index is 0.409. The van der Waals surface area contributed by atoms with Gasteiger partial charge < -0.3 is 15.7 Å². The molecule has 1 aliphatic carbocycles. The summed E-state index contributed by atoms with van der Waals surface area (Å²) in [5.41, 5.74) is 5.16. The van der Waals surface area contributed by atoms with Crippen molar-refractivity contribution < 1.29 is 5.11 Å². The maximum Gasteiger partial charge on any atom is 0.171 e. The molecule has 88 valence electrons. The van der Waals surface area contributed by atoms with E-state index in [1.54, 1.807) is 12.4 Å². The van der Waals surface area contributed by atoms with Gasteiger partial charge in [-0.2, -0.15) is 0 Å². The number of hydrogen-bond donors (Lipinski definition) is 2. The Morgan fingerprint density at radius 1 is 1.38 bits per heavy atom. The molecule has 0 saturated heterocycles. The lowest BCUT2D eigenvalue weighted by Crippen LogP contribution is -2.39. The minimum Gasteiger partial charge on any atom is -0.388 e. The fourth-order valence-electron chi connectivity index (χ4n) is 2.34. The zero-order valence-corrected chi connectivity index (χ0v) is 9.56. The van der Waals surface area contributed by atoms with Crippen molar-refractivity contribution in [2.75, 3.05) is 24.2 Å². The lowest BCUT2D eigenvalue weighted by molar-refractivity contribution is 0.0558. The Bertz CT molecular complexity index is 363. The van der Waals surface area contributed by atoms with Crippen LogP contribution in [0.2, 0.25) is 0 Å². The van der Waals surface area contributed by atoms with Crippen LogP contribution in [-0.4, -0.2) is 34.3 Å². The van der Waals surface area contributed by atoms with Gasteiger partial charge in [-0.3, -0.25) is 0 Å². The second-order valence-electron chi connectivity index (χ2n) is 4.55. The van der Waals surface area contributed by atoms with Crippen LogP contribution in [0, 0.1) is 0 Å². The number of aromatic nitrogens is 2. The quantitative estimate of drug-likeness (QED) is 0.791. The van der Waals surface area contributed by atoms with E-state index >= 15 is 0 Å². The van der Waals surface area contributed by atoms with E-state index in [-0.39, 0.29) is 0 Å². The van der Waals surface area contributed by atoms with Gasteiger partial charge in [0.25, 0.3) is 0 Å². The summed E-state index contributed by atoms with van der Waals surface area (Å²) in [5.74, 6) is 1.05. The minimum atomic E-state index is -0.585. The van der Waals surface area contributed by atoms with Crippen LogP contribution in [0.3, 0.4) is 0 Å². The van der Waals surface area contributed by atoms with Gasteiger partial charge in [0.05, 0.1) is 5.60 Å². The predicted molar refractivity (Wildman–Crippen MR) is 63.1 cm³/mol. The molecule has 0 radical (unpaired) electrons. The number of anilines is 2. The van der Waals surface area contributed by atoms with Gasteiger partial charge in [0.2, 0.25) is 0 Å². The monoisotopic (exact) mass is 222 g/mol. The van der Waals surface area contributed by atoms with Crippen LogP contribution in [0.25, 0.3) is 0 Å². The molecule has 0 aliphatic heterocycles. The van der Waals surface area contributed by atoms with Gasteiger partial charge in [0, 0.05) is 26.0 Å². The summed E-state index contributed by atoms with van der Waals surface area (Å²) in [7, 11) is 1.89. The molecule has 0 unspecified atom stereocenters. The smallest absolute Gasteiger partial charge is 0.171 e. The zero-order valence-electron chi connectivity index (χ0n) is 9.56. The molecule has 0 aromatic carbocycles. The SMILES string of the molecule is CN(CC1(O)CCCC1)c1nccnc1N. The first kappa shape index (κ1) is 11.1. The van der Waals surface area contributed by atoms with Crippen LogP contribution in [0.15, 0.2) is 12.4 Å². The second kappa shape index (κ2) is 4.25. The summed E-state index contributed by atoms with van der Waals surface area (Å²) in [6, 6.07) is 0. The normalized spacial score (nSPS) is 18.6. The van der Waals surface area contributed by atoms with Gasteiger partial charge >= 0.3 is 0 Å². The lowest BCUT2D eigenvalue weighted by atomic mass is 10.0. The molecule has 2 rings (SSSR count). The first-order valence-electron chi connectivity index (χ1n) is 5.61. The lowest BCUT2D eigenvalue weighted by Gasteiger charge is -2.29. The van der Waals surface area contributed by atoms with Crippen LogP contribution in [0.1, 0.15) is 25.7 Å². The summed E-state index contributed by atoms with van der Waals surface area (Å²) in [6.07, 6.45) is 7.09. The largest absolute Gasteiger partial charge is 0.388 e. The van der Waals surface area contributed by atoms with Crippen molar-refractivity contribution >= 4 is 11.6 Å². The summed E-state index contributed by atoms with van der Waals surface area (Å²) in [6.45, 7) is 0.565. The van der Waals surface area contributed by atoms with E-state index in [1.807, 2.05) is 11.9 Å². The van der Waals surface area contributed by atoms with Crippen molar-refractivity contribution in [1.82, 2.24) is 9.97 Å². The number of nitrogens with two attached hydrogens (primary N) is 1. The van der Waals surface area contributed by atoms with E-state index < -0.39 is 5.60 Å². The summed E-state index contributed by atoms with van der Waals surface area (Å²) in [4.78, 5) is 10.1. The molecular weight excluding hydrogens is 204 g/mol. The summed E-state index contributed by atoms with van der Waals surface area (Å²) < 4.78 is 0. The topological polar surface area (TPSA) is 75.3 Å². The third kappa shape index (κ3) is 2.24. The Morgan fingerprint density at radius 3 is 2.62 bits per heavy atom. The highest BCUT2D eigenvalue weighted by atomic mass is 16.3. The molecule has 0 amide bonds. The molecule has 5 heteroatoms. The molecule has 16 heavy (non-hydrogen) atoms. The molecule has 1 fully saturated rings. The Hall–Kier alpha value is -1.36. The van der Waals surface area contributed by atoms with E-state index in [9.17, 15) is 5.11 Å². The van der Waals surface area contributed by atoms with Gasteiger partial charge in [-0.05, 0) is 12.8 Å². The fourth-order valence-corrected chi connectivity index (χ4v) is 2.34. The van der Waals surface area contributed by atoms with Gasteiger partial charge in [-0.15, -0.1) is 0 Å². The zero-order chi connectivity index (χ0) is 11.6. The second-order valence-corrected chi connectivity index (χ2v) is 4.55. The summed E-state index contributed by atoms with van der Waals surface area (Å²) >= 11 is 0. The Kier molecular flexibility index (Phi) is 2.96. The van der Waals surface area contributed by atoms with Gasteiger partial charge in [0.15, 0.2) is 11.6 Å². The molecule has 1 aromatic heterocycles. The number of nitrogens with zero attached hydrogens (tertiary/aromatic N) is 3. The van der Waals surface area contributed by atoms with Crippen molar-refractivity contribution in [3.8, 4) is 0 Å². The van der Waals surface area contributed by atoms with E-state index in [4.69, 9.17) is 5.73 Å². The highest BCUT2D eigenvalue weighted by molar-refractivity contribution is 5.56. The molecular formula is C11H18N4O. The molecule has 0 spiro atoms. The fraction of sp³-hybridized carbons (Fsp3) is 0.636. The van der Waals surface area contributed by atoms with Gasteiger partial charge in [-0.25, -0.2) is 9.97 Å². The Balaban J connectivity index is 2.08. The highest BCUT2D eigenvalue weighted by Gasteiger charge is 2.32. The number of hydrogen-bond acceptors (Lipinski definition) is 5. The molecule has 1 saturated carbocycles. The van der Waals surface area contributed by atoms with Gasteiger partial charge in [-0.1, -0.05) is 12.8 Å². The van der Waals surface area contributed by atoms with E-state index in [0.717, 1.165) is 25.7 Å². The number of nitrogen functional groups attached to an aromatic ring is 1. The number of aliphatic hydroxyl groups is 1. The van der Waals surface area contributed by atoms with Crippen molar-refractivity contribution in [3.05, 3.63) is 12.4 Å². The molecule has 1 heterocycles. The van der Waals surface area contributed by atoms with Crippen molar-refractivity contribution in [3.63, 3.8) is 0 Å². The predicted octanol–water partition coefficient (Wildman–Crippen LogP) is 0.800. The van der Waals surface area contributed by atoms with Crippen molar-refractivity contribution in [2.45, 2.75) is 31.3 Å². The standard InChI is InChI=1S/C11H18N4O/c1-15(8-11(16)4-2-3-5-11)10-9(12)13-6-7-14-10/h6-7,16H,2-5,8H2,1H3,(H2,12,13). The third-order valence-corrected chi connectivity index (χ3v) is 3.13. The average Bonchev–Trinajstić information content (AvgIpc) is 2.65. The van der Waals surface area contributed by atoms with Crippen molar-refractivity contribution in [2.24, 2.45) is 0 Å². The van der Waals surface area contributed by atoms with Crippen LogP contribution >= 0.6 is 0 Å². The maximum atomic E-state index is 10.3. The van der Waals surface area contributed by atoms with Crippen LogP contribution in [0.4, 0.5) is 11.6 Å². The van der Waals surface area contributed by atoms with Crippen LogP contribution < -0.4 is 10.6 Å². The first-order valence-corrected chi connectivity index (χ1v) is 5.61. The number of likely N-dealkylation sites (N-methyl/N-ethyl adjacent to an activating group) is 1. The molecule has 0 bridgehead atoms. The average molecular weight is 222 g/mol. The van der Waals surface area contributed by atoms with Crippen LogP contribution in [-0.2, 0) is 0 Å². The molecule has 0 atom stereocenters. The molecule has 1 aromatic rings. The van der Waals surface area contributed by atoms with Crippen LogP contribution in [0.5, 0.6) is 0 Å². The highest BCUT2D eigenvalue weighted by Crippen LogP contribution is 2.31. The maximum absolute atomic E-state index is 10.3.